The van der Waals surface area contributed by atoms with Gasteiger partial charge in [-0.2, -0.15) is 4.72 Å². The molecule has 0 saturated heterocycles. The van der Waals surface area contributed by atoms with Gasteiger partial charge in [-0.25, -0.2) is 18.0 Å². The molecule has 1 atom stereocenters. The molecular weight excluding hydrogens is 442 g/mol. The summed E-state index contributed by atoms with van der Waals surface area (Å²) in [6.45, 7) is 7.57. The lowest BCUT2D eigenvalue weighted by molar-refractivity contribution is -0.136. The molecule has 3 rings (SSSR count). The Morgan fingerprint density at radius 1 is 1.06 bits per heavy atom. The Morgan fingerprint density at radius 2 is 1.76 bits per heavy atom. The summed E-state index contributed by atoms with van der Waals surface area (Å²) < 4.78 is 38.9. The van der Waals surface area contributed by atoms with Crippen LogP contribution in [0.5, 0.6) is 5.75 Å². The fourth-order valence-corrected chi connectivity index (χ4v) is 4.87. The smallest absolute Gasteiger partial charge is 0.339 e. The zero-order valence-electron chi connectivity index (χ0n) is 19.3. The third-order valence-corrected chi connectivity index (χ3v) is 6.96. The van der Waals surface area contributed by atoms with Crippen LogP contribution in [0.4, 0.5) is 0 Å². The minimum atomic E-state index is -3.90. The minimum absolute atomic E-state index is 0.0767. The SMILES string of the molecule is CCCc1c(C)c2ccc(OC(=O)[C@H](CCC)NS(=O)(=O)c3ccc(C)cc3)cc2oc1=O. The van der Waals surface area contributed by atoms with E-state index in [1.807, 2.05) is 27.7 Å². The van der Waals surface area contributed by atoms with E-state index in [4.69, 9.17) is 9.15 Å². The van der Waals surface area contributed by atoms with Crippen molar-refractivity contribution >= 4 is 27.0 Å². The first-order valence-electron chi connectivity index (χ1n) is 11.0. The summed E-state index contributed by atoms with van der Waals surface area (Å²) in [4.78, 5) is 25.2. The maximum atomic E-state index is 12.8. The summed E-state index contributed by atoms with van der Waals surface area (Å²) in [6.07, 6.45) is 2.29. The van der Waals surface area contributed by atoms with Gasteiger partial charge in [-0.05, 0) is 56.5 Å². The third-order valence-electron chi connectivity index (χ3n) is 5.47. The predicted molar refractivity (Wildman–Crippen MR) is 127 cm³/mol. The van der Waals surface area contributed by atoms with Crippen LogP contribution in [0.15, 0.2) is 56.6 Å². The van der Waals surface area contributed by atoms with Crippen LogP contribution in [0.1, 0.15) is 49.8 Å². The van der Waals surface area contributed by atoms with E-state index in [1.54, 1.807) is 24.3 Å². The van der Waals surface area contributed by atoms with E-state index in [0.29, 0.717) is 24.0 Å². The van der Waals surface area contributed by atoms with Gasteiger partial charge in [0.05, 0.1) is 4.90 Å². The van der Waals surface area contributed by atoms with Crippen LogP contribution in [0.25, 0.3) is 11.0 Å². The molecule has 0 amide bonds. The number of aryl methyl sites for hydroxylation is 2. The maximum absolute atomic E-state index is 12.8. The topological polar surface area (TPSA) is 103 Å². The number of nitrogens with one attached hydrogen (secondary N) is 1. The first kappa shape index (κ1) is 24.7. The molecule has 7 nitrogen and oxygen atoms in total. The van der Waals surface area contributed by atoms with Crippen LogP contribution < -0.4 is 15.1 Å². The first-order valence-corrected chi connectivity index (χ1v) is 12.5. The lowest BCUT2D eigenvalue weighted by Crippen LogP contribution is -2.42. The van der Waals surface area contributed by atoms with Crippen molar-refractivity contribution in [1.82, 2.24) is 4.72 Å². The van der Waals surface area contributed by atoms with Crippen molar-refractivity contribution in [3.63, 3.8) is 0 Å². The van der Waals surface area contributed by atoms with Gasteiger partial charge < -0.3 is 9.15 Å². The highest BCUT2D eigenvalue weighted by Gasteiger charge is 2.27. The van der Waals surface area contributed by atoms with E-state index in [9.17, 15) is 18.0 Å². The summed E-state index contributed by atoms with van der Waals surface area (Å²) in [5.41, 5.74) is 2.33. The lowest BCUT2D eigenvalue weighted by atomic mass is 10.0. The summed E-state index contributed by atoms with van der Waals surface area (Å²) in [7, 11) is -3.90. The highest BCUT2D eigenvalue weighted by molar-refractivity contribution is 7.89. The quantitative estimate of drug-likeness (QED) is 0.282. The number of sulfonamides is 1. The normalized spacial score (nSPS) is 12.6. The summed E-state index contributed by atoms with van der Waals surface area (Å²) >= 11 is 0. The number of hydrogen-bond acceptors (Lipinski definition) is 6. The van der Waals surface area contributed by atoms with Crippen LogP contribution in [-0.2, 0) is 21.2 Å². The zero-order chi connectivity index (χ0) is 24.2. The second-order valence-corrected chi connectivity index (χ2v) is 9.81. The molecule has 1 aromatic heterocycles. The maximum Gasteiger partial charge on any atom is 0.339 e. The highest BCUT2D eigenvalue weighted by atomic mass is 32.2. The summed E-state index contributed by atoms with van der Waals surface area (Å²) in [6, 6.07) is 10.1. The number of carbonyl (C=O) groups excluding carboxylic acids is 1. The third kappa shape index (κ3) is 5.69. The van der Waals surface area contributed by atoms with E-state index >= 15 is 0 Å². The second-order valence-electron chi connectivity index (χ2n) is 8.10. The fourth-order valence-electron chi connectivity index (χ4n) is 3.65. The Hall–Kier alpha value is -2.97. The first-order chi connectivity index (χ1) is 15.7. The van der Waals surface area contributed by atoms with Gasteiger partial charge >= 0.3 is 11.6 Å². The number of hydrogen-bond donors (Lipinski definition) is 1. The van der Waals surface area contributed by atoms with Crippen LogP contribution in [0.3, 0.4) is 0 Å². The van der Waals surface area contributed by atoms with Crippen LogP contribution in [0, 0.1) is 13.8 Å². The van der Waals surface area contributed by atoms with E-state index < -0.39 is 27.7 Å². The molecule has 1 N–H and O–H groups in total. The van der Waals surface area contributed by atoms with E-state index in [2.05, 4.69) is 4.72 Å². The lowest BCUT2D eigenvalue weighted by Gasteiger charge is -2.17. The van der Waals surface area contributed by atoms with Gasteiger partial charge in [-0.15, -0.1) is 0 Å². The Balaban J connectivity index is 1.84. The van der Waals surface area contributed by atoms with Gasteiger partial charge in [0.25, 0.3) is 0 Å². The van der Waals surface area contributed by atoms with Gasteiger partial charge in [-0.1, -0.05) is 44.4 Å². The number of fused-ring (bicyclic) bond motifs is 1. The van der Waals surface area contributed by atoms with Gasteiger partial charge in [0.2, 0.25) is 10.0 Å². The molecule has 33 heavy (non-hydrogen) atoms. The van der Waals surface area contributed by atoms with Gasteiger partial charge in [-0.3, -0.25) is 0 Å². The van der Waals surface area contributed by atoms with Crippen molar-refractivity contribution in [2.75, 3.05) is 0 Å². The zero-order valence-corrected chi connectivity index (χ0v) is 20.1. The van der Waals surface area contributed by atoms with E-state index in [1.165, 1.54) is 18.2 Å². The Morgan fingerprint density at radius 3 is 2.39 bits per heavy atom. The molecule has 0 radical (unpaired) electrons. The molecule has 176 valence electrons. The van der Waals surface area contributed by atoms with Crippen LogP contribution in [-0.4, -0.2) is 20.4 Å². The van der Waals surface area contributed by atoms with Crippen LogP contribution in [0.2, 0.25) is 0 Å². The van der Waals surface area contributed by atoms with Crippen molar-refractivity contribution in [1.29, 1.82) is 0 Å². The molecular formula is C25H29NO6S. The average molecular weight is 472 g/mol. The molecule has 0 unspecified atom stereocenters. The standard InChI is InChI=1S/C25H29NO6S/c1-5-7-21-17(4)20-14-11-18(15-23(20)32-24(21)27)31-25(28)22(8-6-2)26-33(29,30)19-12-9-16(3)10-13-19/h9-15,22,26H,5-8H2,1-4H3/t22-/m0/s1. The van der Waals surface area contributed by atoms with Crippen LogP contribution >= 0.6 is 0 Å². The van der Waals surface area contributed by atoms with Gasteiger partial charge in [0.1, 0.15) is 17.4 Å². The molecule has 0 aliphatic heterocycles. The Bertz CT molecular complexity index is 1310. The molecule has 0 spiro atoms. The monoisotopic (exact) mass is 471 g/mol. The number of rotatable bonds is 9. The Labute approximate surface area is 193 Å². The second kappa shape index (κ2) is 10.3. The molecule has 0 bridgehead atoms. The van der Waals surface area contributed by atoms with Crippen molar-refractivity contribution in [2.45, 2.75) is 64.3 Å². The molecule has 0 saturated carbocycles. The minimum Gasteiger partial charge on any atom is -0.425 e. The largest absolute Gasteiger partial charge is 0.425 e. The molecule has 1 heterocycles. The molecule has 3 aromatic rings. The van der Waals surface area contributed by atoms with Crippen molar-refractivity contribution in [3.8, 4) is 5.75 Å². The number of ether oxygens (including phenoxy) is 1. The van der Waals surface area contributed by atoms with E-state index in [0.717, 1.165) is 22.9 Å². The molecule has 0 aliphatic carbocycles. The number of benzene rings is 2. The average Bonchev–Trinajstić information content (AvgIpc) is 2.76. The molecule has 8 heteroatoms. The van der Waals surface area contributed by atoms with E-state index in [-0.39, 0.29) is 17.1 Å². The number of esters is 1. The molecule has 0 aliphatic rings. The summed E-state index contributed by atoms with van der Waals surface area (Å²) in [5.74, 6) is -0.553. The number of carbonyl (C=O) groups is 1. The van der Waals surface area contributed by atoms with Gasteiger partial charge in [0, 0.05) is 17.0 Å². The Kier molecular flexibility index (Phi) is 7.71. The van der Waals surface area contributed by atoms with Crippen molar-refractivity contribution < 1.29 is 22.4 Å². The summed E-state index contributed by atoms with van der Waals surface area (Å²) in [5, 5.41) is 0.767. The molecule has 0 fully saturated rings. The van der Waals surface area contributed by atoms with Gasteiger partial charge in [0.15, 0.2) is 0 Å². The van der Waals surface area contributed by atoms with Crippen molar-refractivity contribution in [2.24, 2.45) is 0 Å². The highest BCUT2D eigenvalue weighted by Crippen LogP contribution is 2.25. The molecule has 2 aromatic carbocycles. The fraction of sp³-hybridized carbons (Fsp3) is 0.360. The van der Waals surface area contributed by atoms with Crippen molar-refractivity contribution in [3.05, 3.63) is 69.6 Å². The predicted octanol–water partition coefficient (Wildman–Crippen LogP) is 4.41.